The second kappa shape index (κ2) is 4.63. The fraction of sp³-hybridized carbons (Fsp3) is 0.0714. The molecule has 0 bridgehead atoms. The maximum Gasteiger partial charge on any atom is 0.131 e. The van der Waals surface area contributed by atoms with E-state index in [-0.39, 0.29) is 12.1 Å². The van der Waals surface area contributed by atoms with Crippen LogP contribution in [-0.2, 0) is 6.54 Å². The van der Waals surface area contributed by atoms with Crippen molar-refractivity contribution in [3.63, 3.8) is 0 Å². The number of fused-ring (bicyclic) bond motifs is 1. The van der Waals surface area contributed by atoms with Gasteiger partial charge in [0.2, 0.25) is 0 Å². The van der Waals surface area contributed by atoms with Crippen LogP contribution in [0.25, 0.3) is 11.0 Å². The van der Waals surface area contributed by atoms with E-state index in [4.69, 9.17) is 11.6 Å². The van der Waals surface area contributed by atoms with Crippen LogP contribution in [0.15, 0.2) is 42.7 Å². The second-order valence-corrected chi connectivity index (χ2v) is 4.59. The van der Waals surface area contributed by atoms with Crippen molar-refractivity contribution >= 4 is 22.6 Å². The number of benzene rings is 2. The maximum absolute atomic E-state index is 13.6. The molecule has 96 valence electrons. The minimum absolute atomic E-state index is 0.00159. The van der Waals surface area contributed by atoms with E-state index in [1.54, 1.807) is 22.8 Å². The van der Waals surface area contributed by atoms with Crippen molar-refractivity contribution in [1.82, 2.24) is 9.55 Å². The zero-order chi connectivity index (χ0) is 13.4. The molecule has 2 nitrogen and oxygen atoms in total. The van der Waals surface area contributed by atoms with Gasteiger partial charge in [0.1, 0.15) is 11.6 Å². The molecule has 2 aromatic carbocycles. The predicted molar refractivity (Wildman–Crippen MR) is 70.2 cm³/mol. The lowest BCUT2D eigenvalue weighted by molar-refractivity contribution is 0.546. The molecule has 0 N–H and O–H groups in total. The lowest BCUT2D eigenvalue weighted by Crippen LogP contribution is -2.03. The summed E-state index contributed by atoms with van der Waals surface area (Å²) in [6.45, 7) is 0.0543. The van der Waals surface area contributed by atoms with E-state index >= 15 is 0 Å². The summed E-state index contributed by atoms with van der Waals surface area (Å²) in [5.74, 6) is -1.15. The Morgan fingerprint density at radius 1 is 1.05 bits per heavy atom. The number of hydrogen-bond acceptors (Lipinski definition) is 1. The lowest BCUT2D eigenvalue weighted by Gasteiger charge is -2.07. The molecule has 0 aliphatic rings. The molecule has 0 saturated heterocycles. The number of hydrogen-bond donors (Lipinski definition) is 0. The van der Waals surface area contributed by atoms with Gasteiger partial charge in [-0.1, -0.05) is 23.7 Å². The first-order chi connectivity index (χ1) is 9.16. The molecule has 3 rings (SSSR count). The summed E-state index contributed by atoms with van der Waals surface area (Å²) in [7, 11) is 0. The number of para-hydroxylation sites is 1. The van der Waals surface area contributed by atoms with E-state index in [1.807, 2.05) is 0 Å². The zero-order valence-electron chi connectivity index (χ0n) is 9.78. The molecular weight excluding hydrogens is 270 g/mol. The maximum atomic E-state index is 13.6. The SMILES string of the molecule is Fc1cccc(F)c1Cn1cnc2cccc(Cl)c21. The van der Waals surface area contributed by atoms with E-state index < -0.39 is 11.6 Å². The number of aromatic nitrogens is 2. The third-order valence-electron chi connectivity index (χ3n) is 2.98. The Kier molecular flexibility index (Phi) is 2.95. The molecule has 19 heavy (non-hydrogen) atoms. The molecule has 1 aromatic heterocycles. The Labute approximate surface area is 113 Å². The summed E-state index contributed by atoms with van der Waals surface area (Å²) in [4.78, 5) is 4.17. The Bertz CT molecular complexity index is 732. The van der Waals surface area contributed by atoms with Gasteiger partial charge in [-0.05, 0) is 24.3 Å². The van der Waals surface area contributed by atoms with Crippen molar-refractivity contribution in [2.75, 3.05) is 0 Å². The second-order valence-electron chi connectivity index (χ2n) is 4.18. The van der Waals surface area contributed by atoms with Gasteiger partial charge in [-0.3, -0.25) is 0 Å². The van der Waals surface area contributed by atoms with Crippen LogP contribution in [0.1, 0.15) is 5.56 Å². The van der Waals surface area contributed by atoms with Crippen molar-refractivity contribution in [2.24, 2.45) is 0 Å². The van der Waals surface area contributed by atoms with Crippen LogP contribution in [0.5, 0.6) is 0 Å². The van der Waals surface area contributed by atoms with E-state index in [2.05, 4.69) is 4.98 Å². The predicted octanol–water partition coefficient (Wildman–Crippen LogP) is 4.02. The topological polar surface area (TPSA) is 17.8 Å². The first-order valence-electron chi connectivity index (χ1n) is 5.69. The molecule has 0 unspecified atom stereocenters. The van der Waals surface area contributed by atoms with Gasteiger partial charge < -0.3 is 4.57 Å². The Morgan fingerprint density at radius 3 is 2.47 bits per heavy atom. The van der Waals surface area contributed by atoms with Gasteiger partial charge in [0, 0.05) is 5.56 Å². The van der Waals surface area contributed by atoms with Crippen molar-refractivity contribution in [3.05, 3.63) is 64.9 Å². The lowest BCUT2D eigenvalue weighted by atomic mass is 10.2. The highest BCUT2D eigenvalue weighted by atomic mass is 35.5. The van der Waals surface area contributed by atoms with Gasteiger partial charge in [0.15, 0.2) is 0 Å². The monoisotopic (exact) mass is 278 g/mol. The van der Waals surface area contributed by atoms with Crippen molar-refractivity contribution in [2.45, 2.75) is 6.54 Å². The fourth-order valence-electron chi connectivity index (χ4n) is 2.06. The van der Waals surface area contributed by atoms with Crippen LogP contribution >= 0.6 is 11.6 Å². The highest BCUT2D eigenvalue weighted by Gasteiger charge is 2.12. The molecule has 0 aliphatic carbocycles. The highest BCUT2D eigenvalue weighted by molar-refractivity contribution is 6.34. The zero-order valence-corrected chi connectivity index (χ0v) is 10.5. The van der Waals surface area contributed by atoms with Gasteiger partial charge >= 0.3 is 0 Å². The van der Waals surface area contributed by atoms with E-state index in [0.717, 1.165) is 0 Å². The van der Waals surface area contributed by atoms with E-state index in [0.29, 0.717) is 16.1 Å². The highest BCUT2D eigenvalue weighted by Crippen LogP contribution is 2.24. The summed E-state index contributed by atoms with van der Waals surface area (Å²) >= 11 is 6.10. The van der Waals surface area contributed by atoms with Crippen LogP contribution in [0.4, 0.5) is 8.78 Å². The summed E-state index contributed by atoms with van der Waals surface area (Å²) in [6, 6.07) is 9.12. The standard InChI is InChI=1S/C14H9ClF2N2/c15-10-3-1-6-13-14(10)19(8-18-13)7-9-11(16)4-2-5-12(9)17/h1-6,8H,7H2. The Balaban J connectivity index is 2.12. The number of rotatable bonds is 2. The average Bonchev–Trinajstić information content (AvgIpc) is 2.79. The van der Waals surface area contributed by atoms with Gasteiger partial charge in [0.25, 0.3) is 0 Å². The first-order valence-corrected chi connectivity index (χ1v) is 6.07. The smallest absolute Gasteiger partial charge is 0.131 e. The van der Waals surface area contributed by atoms with Crippen LogP contribution < -0.4 is 0 Å². The molecular formula is C14H9ClF2N2. The molecule has 5 heteroatoms. The van der Waals surface area contributed by atoms with Gasteiger partial charge in [-0.2, -0.15) is 0 Å². The third kappa shape index (κ3) is 2.08. The summed E-state index contributed by atoms with van der Waals surface area (Å²) < 4.78 is 28.9. The van der Waals surface area contributed by atoms with Crippen molar-refractivity contribution in [1.29, 1.82) is 0 Å². The molecule has 0 amide bonds. The number of halogens is 3. The Hall–Kier alpha value is -1.94. The van der Waals surface area contributed by atoms with Crippen LogP contribution in [-0.4, -0.2) is 9.55 Å². The average molecular weight is 279 g/mol. The van der Waals surface area contributed by atoms with E-state index in [1.165, 1.54) is 24.5 Å². The normalized spacial score (nSPS) is 11.1. The summed E-state index contributed by atoms with van der Waals surface area (Å²) in [5, 5.41) is 0.506. The number of imidazole rings is 1. The largest absolute Gasteiger partial charge is 0.325 e. The number of nitrogens with zero attached hydrogens (tertiary/aromatic N) is 2. The third-order valence-corrected chi connectivity index (χ3v) is 3.28. The fourth-order valence-corrected chi connectivity index (χ4v) is 2.33. The summed E-state index contributed by atoms with van der Waals surface area (Å²) in [5.41, 5.74) is 1.37. The minimum atomic E-state index is -0.575. The van der Waals surface area contributed by atoms with Crippen LogP contribution in [0, 0.1) is 11.6 Å². The van der Waals surface area contributed by atoms with Crippen LogP contribution in [0.3, 0.4) is 0 Å². The summed E-state index contributed by atoms with van der Waals surface area (Å²) in [6.07, 6.45) is 1.53. The Morgan fingerprint density at radius 2 is 1.74 bits per heavy atom. The van der Waals surface area contributed by atoms with Crippen molar-refractivity contribution in [3.8, 4) is 0 Å². The van der Waals surface area contributed by atoms with Crippen LogP contribution in [0.2, 0.25) is 5.02 Å². The molecule has 0 atom stereocenters. The first kappa shape index (κ1) is 12.1. The minimum Gasteiger partial charge on any atom is -0.325 e. The van der Waals surface area contributed by atoms with Gasteiger partial charge in [-0.25, -0.2) is 13.8 Å². The molecule has 0 aliphatic heterocycles. The molecule has 0 saturated carbocycles. The molecule has 0 fully saturated rings. The molecule has 1 heterocycles. The molecule has 3 aromatic rings. The molecule has 0 radical (unpaired) electrons. The quantitative estimate of drug-likeness (QED) is 0.692. The van der Waals surface area contributed by atoms with Crippen molar-refractivity contribution < 1.29 is 8.78 Å². The van der Waals surface area contributed by atoms with Gasteiger partial charge in [0.05, 0.1) is 28.9 Å². The van der Waals surface area contributed by atoms with E-state index in [9.17, 15) is 8.78 Å². The van der Waals surface area contributed by atoms with Gasteiger partial charge in [-0.15, -0.1) is 0 Å². The molecule has 0 spiro atoms.